The van der Waals surface area contributed by atoms with Gasteiger partial charge in [0.1, 0.15) is 5.76 Å². The molecule has 8 heteroatoms. The molecule has 132 valence electrons. The predicted molar refractivity (Wildman–Crippen MR) is 94.1 cm³/mol. The van der Waals surface area contributed by atoms with Crippen LogP contribution in [0, 0.1) is 0 Å². The average molecular weight is 360 g/mol. The minimum absolute atomic E-state index is 0.00690. The Labute approximate surface area is 149 Å². The van der Waals surface area contributed by atoms with Crippen LogP contribution in [0.4, 0.5) is 0 Å². The normalized spacial score (nSPS) is 12.4. The number of nitrogens with zero attached hydrogens (tertiary/aromatic N) is 3. The van der Waals surface area contributed by atoms with Gasteiger partial charge in [-0.05, 0) is 37.7 Å². The van der Waals surface area contributed by atoms with E-state index in [9.17, 15) is 4.79 Å². The summed E-state index contributed by atoms with van der Waals surface area (Å²) in [6.45, 7) is 0.476. The van der Waals surface area contributed by atoms with E-state index >= 15 is 0 Å². The topological polar surface area (TPSA) is 84.4 Å². The number of hydrogen-bond acceptors (Lipinski definition) is 7. The molecule has 0 aliphatic rings. The first-order valence-corrected chi connectivity index (χ1v) is 8.89. The summed E-state index contributed by atoms with van der Waals surface area (Å²) in [7, 11) is 3.90. The van der Waals surface area contributed by atoms with Crippen LogP contribution < -0.4 is 5.32 Å². The van der Waals surface area contributed by atoms with Crippen molar-refractivity contribution in [3.05, 3.63) is 46.9 Å². The average Bonchev–Trinajstić information content (AvgIpc) is 3.33. The number of nitrogens with one attached hydrogen (secondary N) is 1. The number of furan rings is 1. The quantitative estimate of drug-likeness (QED) is 0.665. The van der Waals surface area contributed by atoms with Crippen LogP contribution in [0.15, 0.2) is 44.2 Å². The van der Waals surface area contributed by atoms with Crippen LogP contribution in [-0.4, -0.2) is 41.6 Å². The minimum Gasteiger partial charge on any atom is -0.468 e. The standard InChI is InChI=1S/C17H20N4O3S/c1-21(2)13(14-4-3-8-23-14)10-18-15(22)5-6-16-19-17(20-24-16)12-7-9-25-11-12/h3-4,7-9,11,13H,5-6,10H2,1-2H3,(H,18,22). The fourth-order valence-electron chi connectivity index (χ4n) is 2.40. The van der Waals surface area contributed by atoms with E-state index in [1.807, 2.05) is 48.0 Å². The molecule has 3 aromatic rings. The van der Waals surface area contributed by atoms with Crippen molar-refractivity contribution in [2.75, 3.05) is 20.6 Å². The molecule has 0 spiro atoms. The van der Waals surface area contributed by atoms with Crippen LogP contribution in [-0.2, 0) is 11.2 Å². The first-order valence-electron chi connectivity index (χ1n) is 7.95. The van der Waals surface area contributed by atoms with E-state index in [1.54, 1.807) is 17.6 Å². The molecular weight excluding hydrogens is 340 g/mol. The Hall–Kier alpha value is -2.45. The van der Waals surface area contributed by atoms with Crippen molar-refractivity contribution in [3.8, 4) is 11.4 Å². The second-order valence-electron chi connectivity index (χ2n) is 5.82. The Balaban J connectivity index is 1.48. The van der Waals surface area contributed by atoms with Crippen molar-refractivity contribution < 1.29 is 13.7 Å². The fourth-order valence-corrected chi connectivity index (χ4v) is 3.04. The van der Waals surface area contributed by atoms with Crippen molar-refractivity contribution in [3.63, 3.8) is 0 Å². The number of thiophene rings is 1. The predicted octanol–water partition coefficient (Wildman–Crippen LogP) is 2.74. The molecule has 3 rings (SSSR count). The van der Waals surface area contributed by atoms with Crippen molar-refractivity contribution in [2.24, 2.45) is 0 Å². The smallest absolute Gasteiger partial charge is 0.227 e. The molecule has 0 saturated heterocycles. The Morgan fingerprint density at radius 2 is 2.28 bits per heavy atom. The molecule has 3 heterocycles. The lowest BCUT2D eigenvalue weighted by molar-refractivity contribution is -0.121. The van der Waals surface area contributed by atoms with Gasteiger partial charge in [0, 0.05) is 30.3 Å². The first kappa shape index (κ1) is 17.4. The highest BCUT2D eigenvalue weighted by Crippen LogP contribution is 2.19. The maximum Gasteiger partial charge on any atom is 0.227 e. The lowest BCUT2D eigenvalue weighted by Crippen LogP contribution is -2.34. The summed E-state index contributed by atoms with van der Waals surface area (Å²) in [5, 5.41) is 10.8. The van der Waals surface area contributed by atoms with E-state index in [0.29, 0.717) is 31.1 Å². The zero-order valence-corrected chi connectivity index (χ0v) is 15.0. The van der Waals surface area contributed by atoms with Gasteiger partial charge in [0.15, 0.2) is 0 Å². The summed E-state index contributed by atoms with van der Waals surface area (Å²) < 4.78 is 10.6. The number of carbonyl (C=O) groups excluding carboxylic acids is 1. The van der Waals surface area contributed by atoms with E-state index in [-0.39, 0.29) is 11.9 Å². The van der Waals surface area contributed by atoms with Gasteiger partial charge in [0.25, 0.3) is 0 Å². The zero-order chi connectivity index (χ0) is 17.6. The monoisotopic (exact) mass is 360 g/mol. The highest BCUT2D eigenvalue weighted by atomic mass is 32.1. The zero-order valence-electron chi connectivity index (χ0n) is 14.1. The second-order valence-corrected chi connectivity index (χ2v) is 6.60. The molecule has 1 amide bonds. The van der Waals surface area contributed by atoms with Gasteiger partial charge in [-0.15, -0.1) is 0 Å². The lowest BCUT2D eigenvalue weighted by atomic mass is 10.2. The summed E-state index contributed by atoms with van der Waals surface area (Å²) in [5.74, 6) is 1.78. The third-order valence-electron chi connectivity index (χ3n) is 3.80. The molecule has 25 heavy (non-hydrogen) atoms. The van der Waals surface area contributed by atoms with Crippen LogP contribution >= 0.6 is 11.3 Å². The molecule has 0 aromatic carbocycles. The number of hydrogen-bond donors (Lipinski definition) is 1. The van der Waals surface area contributed by atoms with Gasteiger partial charge >= 0.3 is 0 Å². The van der Waals surface area contributed by atoms with Gasteiger partial charge in [-0.3, -0.25) is 9.69 Å². The van der Waals surface area contributed by atoms with Gasteiger partial charge in [0.05, 0.1) is 12.3 Å². The molecule has 0 aliphatic heterocycles. The molecule has 3 aromatic heterocycles. The van der Waals surface area contributed by atoms with E-state index in [2.05, 4.69) is 15.5 Å². The molecule has 0 saturated carbocycles. The summed E-state index contributed by atoms with van der Waals surface area (Å²) in [5.41, 5.74) is 0.928. The Bertz CT molecular complexity index is 781. The van der Waals surface area contributed by atoms with Gasteiger partial charge in [-0.25, -0.2) is 0 Å². The third kappa shape index (κ3) is 4.55. The van der Waals surface area contributed by atoms with Crippen molar-refractivity contribution in [1.29, 1.82) is 0 Å². The van der Waals surface area contributed by atoms with E-state index in [1.165, 1.54) is 0 Å². The minimum atomic E-state index is -0.0614. The molecule has 0 aliphatic carbocycles. The molecule has 0 radical (unpaired) electrons. The highest BCUT2D eigenvalue weighted by molar-refractivity contribution is 7.08. The van der Waals surface area contributed by atoms with Crippen LogP contribution in [0.3, 0.4) is 0 Å². The summed E-state index contributed by atoms with van der Waals surface area (Å²) >= 11 is 1.57. The molecule has 1 unspecified atom stereocenters. The Morgan fingerprint density at radius 3 is 2.96 bits per heavy atom. The molecule has 0 bridgehead atoms. The highest BCUT2D eigenvalue weighted by Gasteiger charge is 2.18. The van der Waals surface area contributed by atoms with Gasteiger partial charge in [-0.1, -0.05) is 5.16 Å². The molecule has 1 N–H and O–H groups in total. The number of aryl methyl sites for hydroxylation is 1. The fraction of sp³-hybridized carbons (Fsp3) is 0.353. The van der Waals surface area contributed by atoms with Gasteiger partial charge < -0.3 is 14.3 Å². The first-order chi connectivity index (χ1) is 12.1. The summed E-state index contributed by atoms with van der Waals surface area (Å²) in [6, 6.07) is 5.67. The largest absolute Gasteiger partial charge is 0.468 e. The summed E-state index contributed by atoms with van der Waals surface area (Å²) in [4.78, 5) is 18.4. The van der Waals surface area contributed by atoms with Crippen LogP contribution in [0.5, 0.6) is 0 Å². The van der Waals surface area contributed by atoms with Crippen molar-refractivity contribution in [1.82, 2.24) is 20.4 Å². The SMILES string of the molecule is CN(C)C(CNC(=O)CCc1nc(-c2ccsc2)no1)c1ccco1. The van der Waals surface area contributed by atoms with Crippen molar-refractivity contribution >= 4 is 17.2 Å². The van der Waals surface area contributed by atoms with E-state index in [4.69, 9.17) is 8.94 Å². The van der Waals surface area contributed by atoms with Crippen LogP contribution in [0.2, 0.25) is 0 Å². The Kier molecular flexibility index (Phi) is 5.62. The molecule has 1 atom stereocenters. The van der Waals surface area contributed by atoms with Gasteiger partial charge in [-0.2, -0.15) is 16.3 Å². The summed E-state index contributed by atoms with van der Waals surface area (Å²) in [6.07, 6.45) is 2.34. The number of aromatic nitrogens is 2. The number of likely N-dealkylation sites (N-methyl/N-ethyl adjacent to an activating group) is 1. The van der Waals surface area contributed by atoms with E-state index in [0.717, 1.165) is 11.3 Å². The number of carbonyl (C=O) groups is 1. The van der Waals surface area contributed by atoms with Gasteiger partial charge in [0.2, 0.25) is 17.6 Å². The van der Waals surface area contributed by atoms with Crippen LogP contribution in [0.1, 0.15) is 24.1 Å². The third-order valence-corrected chi connectivity index (χ3v) is 4.48. The second kappa shape index (κ2) is 8.09. The van der Waals surface area contributed by atoms with Crippen LogP contribution in [0.25, 0.3) is 11.4 Å². The molecule has 0 fully saturated rings. The van der Waals surface area contributed by atoms with Crippen molar-refractivity contribution in [2.45, 2.75) is 18.9 Å². The molecular formula is C17H20N4O3S. The molecule has 7 nitrogen and oxygen atoms in total. The Morgan fingerprint density at radius 1 is 1.40 bits per heavy atom. The number of rotatable bonds is 8. The van der Waals surface area contributed by atoms with E-state index < -0.39 is 0 Å². The lowest BCUT2D eigenvalue weighted by Gasteiger charge is -2.22. The maximum atomic E-state index is 12.1. The number of amides is 1. The maximum absolute atomic E-state index is 12.1.